The Bertz CT molecular complexity index is 872. The van der Waals surface area contributed by atoms with Crippen molar-refractivity contribution in [1.29, 1.82) is 0 Å². The van der Waals surface area contributed by atoms with E-state index in [2.05, 4.69) is 23.9 Å². The Hall–Kier alpha value is -2.95. The Balaban J connectivity index is 1.87. The first kappa shape index (κ1) is 16.9. The normalized spacial score (nSPS) is 12.0. The topological polar surface area (TPSA) is 57.0 Å². The third-order valence-corrected chi connectivity index (χ3v) is 4.36. The van der Waals surface area contributed by atoms with Gasteiger partial charge in [0.05, 0.1) is 11.9 Å². The molecule has 128 valence electrons. The summed E-state index contributed by atoms with van der Waals surface area (Å²) in [5.74, 6) is 1.18. The van der Waals surface area contributed by atoms with Crippen LogP contribution in [0, 0.1) is 6.92 Å². The first-order valence-corrected chi connectivity index (χ1v) is 8.39. The number of hydrogen-bond donors (Lipinski definition) is 0. The summed E-state index contributed by atoms with van der Waals surface area (Å²) < 4.78 is 7.31. The quantitative estimate of drug-likeness (QED) is 0.515. The minimum Gasteiger partial charge on any atom is -0.423 e. The van der Waals surface area contributed by atoms with Gasteiger partial charge in [0.1, 0.15) is 11.3 Å². The lowest BCUT2D eigenvalue weighted by molar-refractivity contribution is 0.0732. The van der Waals surface area contributed by atoms with Crippen molar-refractivity contribution < 1.29 is 9.53 Å². The van der Waals surface area contributed by atoms with Crippen molar-refractivity contribution in [3.05, 3.63) is 71.7 Å². The number of benzene rings is 1. The molecule has 2 aromatic heterocycles. The fourth-order valence-electron chi connectivity index (χ4n) is 2.68. The van der Waals surface area contributed by atoms with Gasteiger partial charge in [0.2, 0.25) is 0 Å². The van der Waals surface area contributed by atoms with Crippen LogP contribution in [0.3, 0.4) is 0 Å². The molecular formula is C20H21N3O2. The van der Waals surface area contributed by atoms with E-state index in [1.54, 1.807) is 10.9 Å². The number of pyridine rings is 1. The summed E-state index contributed by atoms with van der Waals surface area (Å²) >= 11 is 0. The Labute approximate surface area is 147 Å². The lowest BCUT2D eigenvalue weighted by atomic mass is 9.98. The lowest BCUT2D eigenvalue weighted by Gasteiger charge is -2.14. The maximum absolute atomic E-state index is 12.6. The van der Waals surface area contributed by atoms with Gasteiger partial charge in [-0.05, 0) is 43.0 Å². The molecule has 0 spiro atoms. The van der Waals surface area contributed by atoms with Gasteiger partial charge in [-0.1, -0.05) is 38.1 Å². The number of ether oxygens (including phenoxy) is 1. The van der Waals surface area contributed by atoms with Crippen LogP contribution in [0.4, 0.5) is 0 Å². The zero-order valence-electron chi connectivity index (χ0n) is 14.6. The first-order valence-electron chi connectivity index (χ1n) is 8.39. The molecule has 3 rings (SSSR count). The summed E-state index contributed by atoms with van der Waals surface area (Å²) in [7, 11) is 0. The highest BCUT2D eigenvalue weighted by Gasteiger charge is 2.19. The molecule has 0 fully saturated rings. The molecule has 1 unspecified atom stereocenters. The molecule has 0 amide bonds. The van der Waals surface area contributed by atoms with E-state index in [1.165, 1.54) is 6.20 Å². The molecule has 0 N–H and O–H groups in total. The highest BCUT2D eigenvalue weighted by atomic mass is 16.5. The van der Waals surface area contributed by atoms with Gasteiger partial charge in [-0.2, -0.15) is 5.10 Å². The van der Waals surface area contributed by atoms with Crippen LogP contribution in [-0.4, -0.2) is 20.7 Å². The Kier molecular flexibility index (Phi) is 4.93. The van der Waals surface area contributed by atoms with Crippen LogP contribution in [0.25, 0.3) is 5.82 Å². The Morgan fingerprint density at radius 1 is 1.20 bits per heavy atom. The smallest absolute Gasteiger partial charge is 0.347 e. The second kappa shape index (κ2) is 7.30. The van der Waals surface area contributed by atoms with E-state index < -0.39 is 5.97 Å². The van der Waals surface area contributed by atoms with Crippen molar-refractivity contribution in [2.24, 2.45) is 0 Å². The van der Waals surface area contributed by atoms with Crippen LogP contribution in [0.2, 0.25) is 0 Å². The van der Waals surface area contributed by atoms with Gasteiger partial charge >= 0.3 is 5.97 Å². The van der Waals surface area contributed by atoms with Crippen LogP contribution in [0.5, 0.6) is 5.75 Å². The molecule has 2 heterocycles. The maximum atomic E-state index is 12.6. The zero-order chi connectivity index (χ0) is 17.8. The van der Waals surface area contributed by atoms with Gasteiger partial charge in [0, 0.05) is 6.20 Å². The number of nitrogens with zero attached hydrogens (tertiary/aromatic N) is 3. The number of para-hydroxylation sites is 1. The molecule has 0 bridgehead atoms. The summed E-state index contributed by atoms with van der Waals surface area (Å²) in [6.07, 6.45) is 4.19. The van der Waals surface area contributed by atoms with Crippen molar-refractivity contribution in [2.45, 2.75) is 33.1 Å². The first-order chi connectivity index (χ1) is 12.1. The van der Waals surface area contributed by atoms with E-state index in [1.807, 2.05) is 49.4 Å². The zero-order valence-corrected chi connectivity index (χ0v) is 14.6. The van der Waals surface area contributed by atoms with Crippen LogP contribution < -0.4 is 4.74 Å². The summed E-state index contributed by atoms with van der Waals surface area (Å²) in [5.41, 5.74) is 2.17. The van der Waals surface area contributed by atoms with Gasteiger partial charge in [-0.3, -0.25) is 0 Å². The van der Waals surface area contributed by atoms with E-state index >= 15 is 0 Å². The van der Waals surface area contributed by atoms with Crippen LogP contribution in [0.1, 0.15) is 47.8 Å². The fourth-order valence-corrected chi connectivity index (χ4v) is 2.68. The van der Waals surface area contributed by atoms with E-state index in [0.29, 0.717) is 28.7 Å². The van der Waals surface area contributed by atoms with E-state index in [-0.39, 0.29) is 0 Å². The molecule has 0 aliphatic heterocycles. The van der Waals surface area contributed by atoms with Gasteiger partial charge in [-0.25, -0.2) is 14.5 Å². The summed E-state index contributed by atoms with van der Waals surface area (Å²) in [6, 6.07) is 13.2. The molecule has 0 aliphatic carbocycles. The average Bonchev–Trinajstić information content (AvgIpc) is 3.04. The van der Waals surface area contributed by atoms with Gasteiger partial charge in [0.15, 0.2) is 5.82 Å². The highest BCUT2D eigenvalue weighted by Crippen LogP contribution is 2.29. The second-order valence-corrected chi connectivity index (χ2v) is 5.98. The molecule has 25 heavy (non-hydrogen) atoms. The lowest BCUT2D eigenvalue weighted by Crippen LogP contribution is -2.12. The van der Waals surface area contributed by atoms with Gasteiger partial charge in [-0.15, -0.1) is 0 Å². The molecule has 5 heteroatoms. The number of carbonyl (C=O) groups excluding carboxylic acids is 1. The largest absolute Gasteiger partial charge is 0.423 e. The minimum atomic E-state index is -0.407. The molecule has 1 atom stereocenters. The summed E-state index contributed by atoms with van der Waals surface area (Å²) in [4.78, 5) is 16.9. The molecule has 0 saturated heterocycles. The monoisotopic (exact) mass is 335 g/mol. The van der Waals surface area contributed by atoms with Crippen LogP contribution in [0.15, 0.2) is 54.9 Å². The fraction of sp³-hybridized carbons (Fsp3) is 0.250. The molecule has 1 aromatic carbocycles. The molecule has 0 saturated carbocycles. The Morgan fingerprint density at radius 2 is 1.96 bits per heavy atom. The van der Waals surface area contributed by atoms with Crippen molar-refractivity contribution in [3.63, 3.8) is 0 Å². The summed E-state index contributed by atoms with van der Waals surface area (Å²) in [6.45, 7) is 6.07. The van der Waals surface area contributed by atoms with E-state index in [0.717, 1.165) is 12.0 Å². The van der Waals surface area contributed by atoms with Gasteiger partial charge < -0.3 is 4.74 Å². The SMILES string of the molecule is CCC(C)c1ccccc1OC(=O)c1cnn(-c2ccccn2)c1C. The third kappa shape index (κ3) is 3.45. The average molecular weight is 335 g/mol. The van der Waals surface area contributed by atoms with Gasteiger partial charge in [0.25, 0.3) is 0 Å². The van der Waals surface area contributed by atoms with Crippen LogP contribution >= 0.6 is 0 Å². The highest BCUT2D eigenvalue weighted by molar-refractivity contribution is 5.92. The van der Waals surface area contributed by atoms with Crippen molar-refractivity contribution >= 4 is 5.97 Å². The minimum absolute atomic E-state index is 0.321. The number of rotatable bonds is 5. The Morgan fingerprint density at radius 3 is 2.68 bits per heavy atom. The standard InChI is InChI=1S/C20H21N3O2/c1-4-14(2)16-9-5-6-10-18(16)25-20(24)17-13-22-23(15(17)3)19-11-7-8-12-21-19/h5-14H,4H2,1-3H3. The van der Waals surface area contributed by atoms with Crippen molar-refractivity contribution in [2.75, 3.05) is 0 Å². The van der Waals surface area contributed by atoms with E-state index in [9.17, 15) is 4.79 Å². The van der Waals surface area contributed by atoms with Crippen molar-refractivity contribution in [3.8, 4) is 11.6 Å². The maximum Gasteiger partial charge on any atom is 0.347 e. The molecule has 5 nitrogen and oxygen atoms in total. The molecule has 3 aromatic rings. The predicted molar refractivity (Wildman–Crippen MR) is 96.2 cm³/mol. The second-order valence-electron chi connectivity index (χ2n) is 5.98. The third-order valence-electron chi connectivity index (χ3n) is 4.36. The molecule has 0 aliphatic rings. The molecular weight excluding hydrogens is 314 g/mol. The van der Waals surface area contributed by atoms with Crippen molar-refractivity contribution in [1.82, 2.24) is 14.8 Å². The predicted octanol–water partition coefficient (Wildman–Crippen LogP) is 4.31. The molecule has 0 radical (unpaired) electrons. The number of aromatic nitrogens is 3. The van der Waals surface area contributed by atoms with Crippen LogP contribution in [-0.2, 0) is 0 Å². The van der Waals surface area contributed by atoms with E-state index in [4.69, 9.17) is 4.74 Å². The number of esters is 1. The summed E-state index contributed by atoms with van der Waals surface area (Å²) in [5, 5.41) is 4.28. The number of carbonyl (C=O) groups is 1. The number of hydrogen-bond acceptors (Lipinski definition) is 4.